The van der Waals surface area contributed by atoms with E-state index in [0.29, 0.717) is 19.4 Å². The summed E-state index contributed by atoms with van der Waals surface area (Å²) >= 11 is 0. The van der Waals surface area contributed by atoms with Crippen LogP contribution in [0.4, 0.5) is 10.1 Å². The van der Waals surface area contributed by atoms with Crippen LogP contribution in [-0.2, 0) is 0 Å². The fourth-order valence-corrected chi connectivity index (χ4v) is 1.78. The lowest BCUT2D eigenvalue weighted by atomic mass is 10.1. The highest BCUT2D eigenvalue weighted by atomic mass is 19.1. The number of halogens is 1. The molecule has 1 aromatic carbocycles. The van der Waals surface area contributed by atoms with Gasteiger partial charge in [0.15, 0.2) is 0 Å². The van der Waals surface area contributed by atoms with Crippen molar-refractivity contribution in [1.29, 1.82) is 0 Å². The maximum atomic E-state index is 13.2. The Morgan fingerprint density at radius 2 is 2.10 bits per heavy atom. The van der Waals surface area contributed by atoms with E-state index < -0.39 is 22.3 Å². The Hall–Kier alpha value is -2.02. The predicted octanol–water partition coefficient (Wildman–Crippen LogP) is 1.97. The summed E-state index contributed by atoms with van der Waals surface area (Å²) in [4.78, 5) is 23.6. The number of amides is 1. The number of aliphatic hydroxyl groups is 1. The Balaban J connectivity index is 2.80. The van der Waals surface area contributed by atoms with Crippen LogP contribution in [0.5, 0.6) is 0 Å². The van der Waals surface area contributed by atoms with Gasteiger partial charge in [-0.1, -0.05) is 0 Å². The van der Waals surface area contributed by atoms with Crippen LogP contribution < -0.4 is 0 Å². The van der Waals surface area contributed by atoms with Gasteiger partial charge >= 0.3 is 0 Å². The van der Waals surface area contributed by atoms with Crippen molar-refractivity contribution >= 4 is 11.6 Å². The van der Waals surface area contributed by atoms with Crippen LogP contribution in [0, 0.1) is 15.9 Å². The highest BCUT2D eigenvalue weighted by molar-refractivity contribution is 5.98. The number of nitro groups is 1. The molecule has 0 radical (unpaired) electrons. The number of nitro benzene ring substituents is 1. The fourth-order valence-electron chi connectivity index (χ4n) is 1.78. The quantitative estimate of drug-likeness (QED) is 0.471. The minimum Gasteiger partial charge on any atom is -0.396 e. The van der Waals surface area contributed by atoms with E-state index in [1.54, 1.807) is 0 Å². The molecule has 0 fully saturated rings. The molecule has 1 amide bonds. The molecule has 7 heteroatoms. The SMILES string of the molecule is CN(CCCCCO)C(=O)c1cc(F)ccc1[N+](=O)[O-]. The van der Waals surface area contributed by atoms with Crippen LogP contribution in [-0.4, -0.2) is 41.0 Å². The van der Waals surface area contributed by atoms with Gasteiger partial charge < -0.3 is 10.0 Å². The van der Waals surface area contributed by atoms with Crippen molar-refractivity contribution in [3.63, 3.8) is 0 Å². The van der Waals surface area contributed by atoms with Crippen LogP contribution in [0.2, 0.25) is 0 Å². The molecule has 0 heterocycles. The zero-order valence-electron chi connectivity index (χ0n) is 11.2. The van der Waals surface area contributed by atoms with Gasteiger partial charge in [-0.2, -0.15) is 0 Å². The van der Waals surface area contributed by atoms with Gasteiger partial charge in [0.25, 0.3) is 11.6 Å². The number of carbonyl (C=O) groups excluding carboxylic acids is 1. The highest BCUT2D eigenvalue weighted by Crippen LogP contribution is 2.21. The molecule has 0 aliphatic carbocycles. The molecule has 0 spiro atoms. The minimum absolute atomic E-state index is 0.0903. The largest absolute Gasteiger partial charge is 0.396 e. The molecule has 20 heavy (non-hydrogen) atoms. The second kappa shape index (κ2) is 7.54. The molecular weight excluding hydrogens is 267 g/mol. The lowest BCUT2D eigenvalue weighted by Gasteiger charge is -2.17. The van der Waals surface area contributed by atoms with E-state index in [-0.39, 0.29) is 12.2 Å². The molecule has 1 rings (SSSR count). The van der Waals surface area contributed by atoms with Crippen molar-refractivity contribution in [2.75, 3.05) is 20.2 Å². The van der Waals surface area contributed by atoms with E-state index in [9.17, 15) is 19.3 Å². The topological polar surface area (TPSA) is 83.7 Å². The molecule has 6 nitrogen and oxygen atoms in total. The average molecular weight is 284 g/mol. The Morgan fingerprint density at radius 1 is 1.40 bits per heavy atom. The fraction of sp³-hybridized carbons (Fsp3) is 0.462. The zero-order valence-corrected chi connectivity index (χ0v) is 11.2. The van der Waals surface area contributed by atoms with Crippen LogP contribution in [0.3, 0.4) is 0 Å². The van der Waals surface area contributed by atoms with Gasteiger partial charge in [-0.25, -0.2) is 4.39 Å². The molecule has 0 unspecified atom stereocenters. The Bertz CT molecular complexity index is 493. The van der Waals surface area contributed by atoms with Crippen molar-refractivity contribution in [3.05, 3.63) is 39.7 Å². The monoisotopic (exact) mass is 284 g/mol. The third-order valence-electron chi connectivity index (χ3n) is 2.88. The van der Waals surface area contributed by atoms with Gasteiger partial charge in [-0.3, -0.25) is 14.9 Å². The summed E-state index contributed by atoms with van der Waals surface area (Å²) in [5.74, 6) is -1.27. The molecule has 0 saturated heterocycles. The smallest absolute Gasteiger partial charge is 0.282 e. The van der Waals surface area contributed by atoms with Gasteiger partial charge in [0.05, 0.1) is 4.92 Å². The number of hydrogen-bond donors (Lipinski definition) is 1. The van der Waals surface area contributed by atoms with Crippen molar-refractivity contribution in [1.82, 2.24) is 4.90 Å². The molecule has 0 saturated carbocycles. The summed E-state index contributed by atoms with van der Waals surface area (Å²) in [6.07, 6.45) is 2.06. The molecular formula is C13H17FN2O4. The first-order valence-electron chi connectivity index (χ1n) is 6.27. The van der Waals surface area contributed by atoms with Crippen molar-refractivity contribution in [2.45, 2.75) is 19.3 Å². The van der Waals surface area contributed by atoms with Crippen molar-refractivity contribution < 1.29 is 19.2 Å². The first-order valence-corrected chi connectivity index (χ1v) is 6.27. The van der Waals surface area contributed by atoms with Gasteiger partial charge in [0, 0.05) is 26.3 Å². The van der Waals surface area contributed by atoms with Crippen LogP contribution in [0.1, 0.15) is 29.6 Å². The number of nitrogens with zero attached hydrogens (tertiary/aromatic N) is 2. The number of carbonyl (C=O) groups is 1. The average Bonchev–Trinajstić information content (AvgIpc) is 2.42. The summed E-state index contributed by atoms with van der Waals surface area (Å²) in [5, 5.41) is 19.5. The third-order valence-corrected chi connectivity index (χ3v) is 2.88. The number of unbranched alkanes of at least 4 members (excludes halogenated alkanes) is 2. The summed E-state index contributed by atoms with van der Waals surface area (Å²) in [6.45, 7) is 0.486. The predicted molar refractivity (Wildman–Crippen MR) is 71.0 cm³/mol. The van der Waals surface area contributed by atoms with E-state index in [1.807, 2.05) is 0 Å². The number of hydrogen-bond acceptors (Lipinski definition) is 4. The van der Waals surface area contributed by atoms with Gasteiger partial charge in [0.1, 0.15) is 11.4 Å². The summed E-state index contributed by atoms with van der Waals surface area (Å²) in [6, 6.07) is 2.82. The van der Waals surface area contributed by atoms with Crippen molar-refractivity contribution in [3.8, 4) is 0 Å². The number of aliphatic hydroxyl groups excluding tert-OH is 1. The second-order valence-electron chi connectivity index (χ2n) is 4.43. The molecule has 0 aromatic heterocycles. The number of rotatable bonds is 7. The first-order chi connectivity index (χ1) is 9.47. The molecule has 0 aliphatic rings. The standard InChI is InChI=1S/C13H17FN2O4/c1-15(7-3-2-4-8-17)13(18)11-9-10(14)5-6-12(11)16(19)20/h5-6,9,17H,2-4,7-8H2,1H3. The van der Waals surface area contributed by atoms with E-state index >= 15 is 0 Å². The normalized spacial score (nSPS) is 10.3. The van der Waals surface area contributed by atoms with E-state index in [2.05, 4.69) is 0 Å². The molecule has 110 valence electrons. The summed E-state index contributed by atoms with van der Waals surface area (Å²) < 4.78 is 13.2. The zero-order chi connectivity index (χ0) is 15.1. The first kappa shape index (κ1) is 16.0. The van der Waals surface area contributed by atoms with Gasteiger partial charge in [-0.15, -0.1) is 0 Å². The maximum Gasteiger partial charge on any atom is 0.282 e. The molecule has 1 aromatic rings. The molecule has 0 aliphatic heterocycles. The van der Waals surface area contributed by atoms with Crippen LogP contribution in [0.25, 0.3) is 0 Å². The lowest BCUT2D eigenvalue weighted by Crippen LogP contribution is -2.28. The van der Waals surface area contributed by atoms with Crippen LogP contribution in [0.15, 0.2) is 18.2 Å². The molecule has 0 atom stereocenters. The summed E-state index contributed by atoms with van der Waals surface area (Å²) in [5.41, 5.74) is -0.654. The van der Waals surface area contributed by atoms with Gasteiger partial charge in [0.2, 0.25) is 0 Å². The maximum absolute atomic E-state index is 13.2. The van der Waals surface area contributed by atoms with Gasteiger partial charge in [-0.05, 0) is 31.4 Å². The Morgan fingerprint density at radius 3 is 2.70 bits per heavy atom. The highest BCUT2D eigenvalue weighted by Gasteiger charge is 2.23. The molecule has 0 bridgehead atoms. The minimum atomic E-state index is -0.702. The van der Waals surface area contributed by atoms with Crippen molar-refractivity contribution in [2.24, 2.45) is 0 Å². The molecule has 1 N–H and O–H groups in total. The second-order valence-corrected chi connectivity index (χ2v) is 4.43. The van der Waals surface area contributed by atoms with Crippen LogP contribution >= 0.6 is 0 Å². The Labute approximate surface area is 116 Å². The lowest BCUT2D eigenvalue weighted by molar-refractivity contribution is -0.385. The third kappa shape index (κ3) is 4.27. The number of benzene rings is 1. The van der Waals surface area contributed by atoms with E-state index in [0.717, 1.165) is 24.6 Å². The van der Waals surface area contributed by atoms with E-state index in [4.69, 9.17) is 5.11 Å². The summed E-state index contributed by atoms with van der Waals surface area (Å²) in [7, 11) is 1.51. The Kier molecular flexibility index (Phi) is 6.05. The van der Waals surface area contributed by atoms with E-state index in [1.165, 1.54) is 11.9 Å².